The number of aliphatic imine (C=N–C) groups is 1. The smallest absolute Gasteiger partial charge is 0.318 e. The molecule has 0 aromatic heterocycles. The van der Waals surface area contributed by atoms with Gasteiger partial charge in [-0.05, 0) is 74.4 Å². The molecule has 2 heterocycles. The first-order valence-electron chi connectivity index (χ1n) is 13.8. The predicted octanol–water partition coefficient (Wildman–Crippen LogP) is 4.57. The molecule has 0 bridgehead atoms. The first kappa shape index (κ1) is 30.7. The van der Waals surface area contributed by atoms with Crippen LogP contribution in [0.2, 0.25) is 0 Å². The summed E-state index contributed by atoms with van der Waals surface area (Å²) in [4.78, 5) is 30.3. The maximum absolute atomic E-state index is 13.1. The Labute approximate surface area is 231 Å². The highest BCUT2D eigenvalue weighted by molar-refractivity contribution is 7.92. The molecule has 1 aromatic rings. The lowest BCUT2D eigenvalue weighted by molar-refractivity contribution is -0.124. The standard InChI is InChI=1S/C28H42FN5O4S/c1-21-19-23(33(3)27(30)36)20-22(2)24(21)12-18-39(37,38)34-16-13-28(14-17-34)26(35)31-25(32-28)11-9-7-5-4-6-8-10-15-29/h12,18-20H,4-11,13-17H2,1-3H3,(H2,30,36)(H,31,32,35)/b18-12-. The number of amidine groups is 1. The fourth-order valence-electron chi connectivity index (χ4n) is 5.20. The maximum atomic E-state index is 13.1. The normalized spacial score (nSPS) is 17.5. The lowest BCUT2D eigenvalue weighted by Gasteiger charge is -2.34. The third kappa shape index (κ3) is 7.88. The van der Waals surface area contributed by atoms with E-state index in [2.05, 4.69) is 5.32 Å². The second-order valence-corrected chi connectivity index (χ2v) is 12.4. The largest absolute Gasteiger partial charge is 0.351 e. The topological polar surface area (TPSA) is 125 Å². The van der Waals surface area contributed by atoms with E-state index in [4.69, 9.17) is 10.7 Å². The van der Waals surface area contributed by atoms with Gasteiger partial charge in [-0.15, -0.1) is 0 Å². The molecule has 9 nitrogen and oxygen atoms in total. The number of alkyl halides is 1. The molecule has 3 amide bonds. The molecule has 3 N–H and O–H groups in total. The van der Waals surface area contributed by atoms with Crippen molar-refractivity contribution in [3.05, 3.63) is 34.2 Å². The first-order chi connectivity index (χ1) is 18.5. The number of urea groups is 1. The number of amides is 3. The van der Waals surface area contributed by atoms with Gasteiger partial charge in [0.15, 0.2) is 0 Å². The van der Waals surface area contributed by atoms with E-state index in [-0.39, 0.29) is 25.7 Å². The van der Waals surface area contributed by atoms with Crippen LogP contribution >= 0.6 is 0 Å². The summed E-state index contributed by atoms with van der Waals surface area (Å²) in [7, 11) is -2.11. The van der Waals surface area contributed by atoms with Crippen LogP contribution in [0.1, 0.15) is 80.9 Å². The number of piperidine rings is 1. The third-order valence-electron chi connectivity index (χ3n) is 7.69. The van der Waals surface area contributed by atoms with Gasteiger partial charge in [0.25, 0.3) is 5.91 Å². The van der Waals surface area contributed by atoms with Gasteiger partial charge in [0, 0.05) is 37.7 Å². The number of hydrogen-bond acceptors (Lipinski definition) is 5. The van der Waals surface area contributed by atoms with Gasteiger partial charge in [0.1, 0.15) is 11.4 Å². The van der Waals surface area contributed by atoms with Gasteiger partial charge in [-0.1, -0.05) is 32.1 Å². The SMILES string of the molecule is Cc1cc(N(C)C(N)=O)cc(C)c1/C=C\S(=O)(=O)N1CCC2(CC1)N=C(CCCCCCCCCF)NC2=O. The van der Waals surface area contributed by atoms with Crippen molar-refractivity contribution < 1.29 is 22.4 Å². The van der Waals surface area contributed by atoms with Crippen molar-refractivity contribution >= 4 is 39.6 Å². The van der Waals surface area contributed by atoms with E-state index >= 15 is 0 Å². The summed E-state index contributed by atoms with van der Waals surface area (Å²) in [6.45, 7) is 3.90. The predicted molar refractivity (Wildman–Crippen MR) is 154 cm³/mol. The minimum Gasteiger partial charge on any atom is -0.351 e. The number of anilines is 1. The van der Waals surface area contributed by atoms with E-state index in [1.807, 2.05) is 13.8 Å². The highest BCUT2D eigenvalue weighted by Crippen LogP contribution is 2.32. The summed E-state index contributed by atoms with van der Waals surface area (Å²) >= 11 is 0. The molecule has 0 unspecified atom stereocenters. The minimum atomic E-state index is -3.69. The van der Waals surface area contributed by atoms with Gasteiger partial charge >= 0.3 is 6.03 Å². The van der Waals surface area contributed by atoms with Crippen LogP contribution < -0.4 is 16.0 Å². The summed E-state index contributed by atoms with van der Waals surface area (Å²) in [5, 5.41) is 4.13. The van der Waals surface area contributed by atoms with Gasteiger partial charge < -0.3 is 11.1 Å². The Morgan fingerprint density at radius 3 is 2.23 bits per heavy atom. The van der Waals surface area contributed by atoms with Crippen LogP contribution in [0, 0.1) is 13.8 Å². The average Bonchev–Trinajstić information content (AvgIpc) is 3.18. The van der Waals surface area contributed by atoms with Crippen LogP contribution in [-0.2, 0) is 14.8 Å². The van der Waals surface area contributed by atoms with E-state index in [1.54, 1.807) is 25.3 Å². The summed E-state index contributed by atoms with van der Waals surface area (Å²) < 4.78 is 39.7. The zero-order valence-corrected chi connectivity index (χ0v) is 24.2. The number of carbonyl (C=O) groups excluding carboxylic acids is 2. The Morgan fingerprint density at radius 2 is 1.67 bits per heavy atom. The van der Waals surface area contributed by atoms with Crippen LogP contribution in [-0.4, -0.2) is 62.8 Å². The van der Waals surface area contributed by atoms with Crippen molar-refractivity contribution in [2.75, 3.05) is 31.7 Å². The number of halogens is 1. The van der Waals surface area contributed by atoms with Crippen molar-refractivity contribution in [3.8, 4) is 0 Å². The second-order valence-electron chi connectivity index (χ2n) is 10.6. The molecular formula is C28H42FN5O4S. The molecule has 2 aliphatic rings. The third-order valence-corrected chi connectivity index (χ3v) is 9.25. The zero-order valence-electron chi connectivity index (χ0n) is 23.3. The molecule has 216 valence electrons. The van der Waals surface area contributed by atoms with Crippen LogP contribution in [0.3, 0.4) is 0 Å². The zero-order chi connectivity index (χ0) is 28.6. The van der Waals surface area contributed by atoms with E-state index in [1.165, 1.54) is 14.6 Å². The van der Waals surface area contributed by atoms with Crippen LogP contribution in [0.25, 0.3) is 6.08 Å². The Bertz CT molecular complexity index is 1180. The van der Waals surface area contributed by atoms with Gasteiger partial charge in [-0.3, -0.25) is 19.1 Å². The number of nitrogens with zero attached hydrogens (tertiary/aromatic N) is 3. The molecule has 3 rings (SSSR count). The Morgan fingerprint density at radius 1 is 1.10 bits per heavy atom. The number of carbonyl (C=O) groups is 2. The molecule has 0 radical (unpaired) electrons. The van der Waals surface area contributed by atoms with Crippen LogP contribution in [0.15, 0.2) is 22.5 Å². The Kier molecular flexibility index (Phi) is 10.7. The molecular weight excluding hydrogens is 521 g/mol. The van der Waals surface area contributed by atoms with Gasteiger partial charge in [-0.25, -0.2) is 13.2 Å². The lowest BCUT2D eigenvalue weighted by Crippen LogP contribution is -2.50. The molecule has 11 heteroatoms. The summed E-state index contributed by atoms with van der Waals surface area (Å²) in [5.41, 5.74) is 7.52. The maximum Gasteiger partial charge on any atom is 0.318 e. The minimum absolute atomic E-state index is 0.136. The van der Waals surface area contributed by atoms with Gasteiger partial charge in [-0.2, -0.15) is 4.31 Å². The Balaban J connectivity index is 1.55. The monoisotopic (exact) mass is 563 g/mol. The Hall–Kier alpha value is -2.79. The van der Waals surface area contributed by atoms with E-state index in [0.717, 1.165) is 55.2 Å². The summed E-state index contributed by atoms with van der Waals surface area (Å²) in [6.07, 6.45) is 9.77. The number of nitrogens with one attached hydrogen (secondary N) is 1. The number of nitrogens with two attached hydrogens (primary N) is 1. The number of hydrogen-bond donors (Lipinski definition) is 2. The van der Waals surface area contributed by atoms with E-state index in [9.17, 15) is 22.4 Å². The van der Waals surface area contributed by atoms with Gasteiger partial charge in [0.05, 0.1) is 6.67 Å². The number of sulfonamides is 1. The van der Waals surface area contributed by atoms with E-state index < -0.39 is 21.6 Å². The highest BCUT2D eigenvalue weighted by atomic mass is 32.2. The van der Waals surface area contributed by atoms with Crippen molar-refractivity contribution in [1.29, 1.82) is 0 Å². The quantitative estimate of drug-likeness (QED) is 0.341. The summed E-state index contributed by atoms with van der Waals surface area (Å²) in [6, 6.07) is 3.00. The molecule has 1 saturated heterocycles. The van der Waals surface area contributed by atoms with Crippen molar-refractivity contribution in [3.63, 3.8) is 0 Å². The van der Waals surface area contributed by atoms with Crippen molar-refractivity contribution in [2.24, 2.45) is 10.7 Å². The second kappa shape index (κ2) is 13.5. The fourth-order valence-corrected chi connectivity index (χ4v) is 6.37. The molecule has 39 heavy (non-hydrogen) atoms. The summed E-state index contributed by atoms with van der Waals surface area (Å²) in [5.74, 6) is 0.564. The number of primary amides is 1. The molecule has 1 fully saturated rings. The number of aryl methyl sites for hydroxylation is 2. The lowest BCUT2D eigenvalue weighted by atomic mass is 9.89. The highest BCUT2D eigenvalue weighted by Gasteiger charge is 2.46. The number of rotatable bonds is 13. The molecule has 0 atom stereocenters. The molecule has 2 aliphatic heterocycles. The fraction of sp³-hybridized carbons (Fsp3) is 0.607. The first-order valence-corrected chi connectivity index (χ1v) is 15.3. The molecule has 0 saturated carbocycles. The van der Waals surface area contributed by atoms with Gasteiger partial charge in [0.2, 0.25) is 10.0 Å². The molecule has 1 aromatic carbocycles. The average molecular weight is 564 g/mol. The van der Waals surface area contributed by atoms with Crippen LogP contribution in [0.4, 0.5) is 14.9 Å². The molecule has 1 spiro atoms. The molecule has 0 aliphatic carbocycles. The van der Waals surface area contributed by atoms with Crippen LogP contribution in [0.5, 0.6) is 0 Å². The van der Waals surface area contributed by atoms with E-state index in [0.29, 0.717) is 37.2 Å². The van der Waals surface area contributed by atoms with Crippen molar-refractivity contribution in [1.82, 2.24) is 9.62 Å². The van der Waals surface area contributed by atoms with Crippen molar-refractivity contribution in [2.45, 2.75) is 83.6 Å². The number of unbranched alkanes of at least 4 members (excludes halogenated alkanes) is 6. The number of benzene rings is 1.